The van der Waals surface area contributed by atoms with Crippen LogP contribution in [0.5, 0.6) is 0 Å². The number of carbonyl (C=O) groups excluding carboxylic acids is 1. The fourth-order valence-corrected chi connectivity index (χ4v) is 1.51. The molecule has 0 radical (unpaired) electrons. The van der Waals surface area contributed by atoms with Gasteiger partial charge in [0.05, 0.1) is 11.7 Å². The van der Waals surface area contributed by atoms with Crippen LogP contribution < -0.4 is 10.6 Å². The van der Waals surface area contributed by atoms with E-state index in [1.54, 1.807) is 6.92 Å². The SMILES string of the molecule is CCC(CNC(=O)NCCS(C)(=O)=O)C(=O)O. The fraction of sp³-hybridized carbons (Fsp3) is 0.778. The third kappa shape index (κ3) is 8.49. The van der Waals surface area contributed by atoms with Crippen LogP contribution in [0.2, 0.25) is 0 Å². The predicted molar refractivity (Wildman–Crippen MR) is 62.5 cm³/mol. The molecular formula is C9H18N2O5S. The first-order valence-electron chi connectivity index (χ1n) is 5.18. The molecule has 0 saturated carbocycles. The molecule has 0 spiro atoms. The van der Waals surface area contributed by atoms with Crippen molar-refractivity contribution in [1.29, 1.82) is 0 Å². The summed E-state index contributed by atoms with van der Waals surface area (Å²) in [4.78, 5) is 21.8. The molecular weight excluding hydrogens is 248 g/mol. The quantitative estimate of drug-likeness (QED) is 0.572. The Morgan fingerprint density at radius 3 is 2.29 bits per heavy atom. The van der Waals surface area contributed by atoms with Crippen LogP contribution in [0.3, 0.4) is 0 Å². The molecule has 0 fully saturated rings. The van der Waals surface area contributed by atoms with E-state index < -0.39 is 27.8 Å². The van der Waals surface area contributed by atoms with Gasteiger partial charge in [-0.25, -0.2) is 13.2 Å². The summed E-state index contributed by atoms with van der Waals surface area (Å²) in [7, 11) is -3.11. The number of amides is 2. The fourth-order valence-electron chi connectivity index (χ4n) is 1.03. The minimum Gasteiger partial charge on any atom is -0.481 e. The van der Waals surface area contributed by atoms with Gasteiger partial charge >= 0.3 is 12.0 Å². The van der Waals surface area contributed by atoms with Gasteiger partial charge in [-0.1, -0.05) is 6.92 Å². The highest BCUT2D eigenvalue weighted by Crippen LogP contribution is 1.99. The number of carboxylic acid groups (broad SMARTS) is 1. The molecule has 0 aliphatic carbocycles. The Morgan fingerprint density at radius 1 is 1.29 bits per heavy atom. The molecule has 0 aromatic carbocycles. The Labute approximate surface area is 101 Å². The zero-order valence-corrected chi connectivity index (χ0v) is 10.7. The van der Waals surface area contributed by atoms with Crippen molar-refractivity contribution in [1.82, 2.24) is 10.6 Å². The average molecular weight is 266 g/mol. The topological polar surface area (TPSA) is 113 Å². The van der Waals surface area contributed by atoms with Crippen LogP contribution >= 0.6 is 0 Å². The van der Waals surface area contributed by atoms with E-state index in [9.17, 15) is 18.0 Å². The Hall–Kier alpha value is -1.31. The van der Waals surface area contributed by atoms with E-state index in [4.69, 9.17) is 5.11 Å². The highest BCUT2D eigenvalue weighted by atomic mass is 32.2. The highest BCUT2D eigenvalue weighted by Gasteiger charge is 2.15. The molecule has 0 bridgehead atoms. The van der Waals surface area contributed by atoms with Crippen molar-refractivity contribution in [3.63, 3.8) is 0 Å². The van der Waals surface area contributed by atoms with Crippen LogP contribution in [-0.2, 0) is 14.6 Å². The van der Waals surface area contributed by atoms with Gasteiger partial charge in [0.25, 0.3) is 0 Å². The number of rotatable bonds is 7. The molecule has 0 heterocycles. The molecule has 1 atom stereocenters. The van der Waals surface area contributed by atoms with E-state index in [0.717, 1.165) is 6.26 Å². The third-order valence-electron chi connectivity index (χ3n) is 2.11. The van der Waals surface area contributed by atoms with E-state index in [1.807, 2.05) is 0 Å². The summed E-state index contributed by atoms with van der Waals surface area (Å²) < 4.78 is 21.5. The van der Waals surface area contributed by atoms with E-state index in [1.165, 1.54) is 0 Å². The number of aliphatic carboxylic acids is 1. The molecule has 3 N–H and O–H groups in total. The molecule has 0 aliphatic rings. The monoisotopic (exact) mass is 266 g/mol. The Balaban J connectivity index is 3.84. The summed E-state index contributed by atoms with van der Waals surface area (Å²) in [6, 6.07) is -0.562. The second kappa shape index (κ2) is 7.10. The third-order valence-corrected chi connectivity index (χ3v) is 3.06. The smallest absolute Gasteiger partial charge is 0.314 e. The summed E-state index contributed by atoms with van der Waals surface area (Å²) in [5, 5.41) is 13.4. The summed E-state index contributed by atoms with van der Waals surface area (Å²) in [6.07, 6.45) is 1.49. The lowest BCUT2D eigenvalue weighted by atomic mass is 10.1. The van der Waals surface area contributed by atoms with Crippen LogP contribution in [0, 0.1) is 5.92 Å². The van der Waals surface area contributed by atoms with Crippen LogP contribution in [0.4, 0.5) is 4.79 Å². The minimum atomic E-state index is -3.11. The average Bonchev–Trinajstić information content (AvgIpc) is 2.16. The van der Waals surface area contributed by atoms with Crippen LogP contribution in [0.15, 0.2) is 0 Å². The highest BCUT2D eigenvalue weighted by molar-refractivity contribution is 7.90. The number of hydrogen-bond acceptors (Lipinski definition) is 4. The molecule has 2 amide bonds. The molecule has 1 unspecified atom stereocenters. The zero-order chi connectivity index (χ0) is 13.5. The Bertz CT molecular complexity index is 366. The van der Waals surface area contributed by atoms with Gasteiger partial charge in [-0.2, -0.15) is 0 Å². The van der Waals surface area contributed by atoms with Gasteiger partial charge in [0, 0.05) is 19.3 Å². The summed E-state index contributed by atoms with van der Waals surface area (Å²) in [6.45, 7) is 1.74. The van der Waals surface area contributed by atoms with Gasteiger partial charge in [-0.3, -0.25) is 4.79 Å². The summed E-state index contributed by atoms with van der Waals surface area (Å²) in [5.74, 6) is -1.74. The molecule has 0 aliphatic heterocycles. The van der Waals surface area contributed by atoms with Crippen LogP contribution in [0.1, 0.15) is 13.3 Å². The lowest BCUT2D eigenvalue weighted by molar-refractivity contribution is -0.141. The second-order valence-electron chi connectivity index (χ2n) is 3.71. The molecule has 17 heavy (non-hydrogen) atoms. The Morgan fingerprint density at radius 2 is 1.88 bits per heavy atom. The molecule has 7 nitrogen and oxygen atoms in total. The summed E-state index contributed by atoms with van der Waals surface area (Å²) in [5.41, 5.74) is 0. The second-order valence-corrected chi connectivity index (χ2v) is 5.97. The van der Waals surface area contributed by atoms with Gasteiger partial charge in [-0.15, -0.1) is 0 Å². The normalized spacial score (nSPS) is 12.8. The van der Waals surface area contributed by atoms with Crippen molar-refractivity contribution in [2.24, 2.45) is 5.92 Å². The first kappa shape index (κ1) is 15.7. The van der Waals surface area contributed by atoms with Crippen LogP contribution in [0.25, 0.3) is 0 Å². The maximum Gasteiger partial charge on any atom is 0.314 e. The van der Waals surface area contributed by atoms with Gasteiger partial charge < -0.3 is 15.7 Å². The first-order chi connectivity index (χ1) is 7.76. The first-order valence-corrected chi connectivity index (χ1v) is 7.24. The van der Waals surface area contributed by atoms with Gasteiger partial charge in [0.2, 0.25) is 0 Å². The van der Waals surface area contributed by atoms with E-state index in [-0.39, 0.29) is 18.8 Å². The maximum absolute atomic E-state index is 11.2. The van der Waals surface area contributed by atoms with Crippen LogP contribution in [-0.4, -0.2) is 50.6 Å². The van der Waals surface area contributed by atoms with Gasteiger partial charge in [-0.05, 0) is 6.42 Å². The number of hydrogen-bond donors (Lipinski definition) is 3. The predicted octanol–water partition coefficient (Wildman–Crippen LogP) is -0.559. The lowest BCUT2D eigenvalue weighted by Gasteiger charge is -2.11. The standard InChI is InChI=1S/C9H18N2O5S/c1-3-7(8(12)13)6-11-9(14)10-4-5-17(2,15)16/h7H,3-6H2,1-2H3,(H,12,13)(H2,10,11,14). The number of carbonyl (C=O) groups is 2. The number of carboxylic acids is 1. The lowest BCUT2D eigenvalue weighted by Crippen LogP contribution is -2.41. The van der Waals surface area contributed by atoms with E-state index in [0.29, 0.717) is 6.42 Å². The maximum atomic E-state index is 11.2. The van der Waals surface area contributed by atoms with Crippen molar-refractivity contribution < 1.29 is 23.1 Å². The molecule has 0 saturated heterocycles. The number of nitrogens with one attached hydrogen (secondary N) is 2. The number of sulfone groups is 1. The van der Waals surface area contributed by atoms with Crippen molar-refractivity contribution in [3.8, 4) is 0 Å². The van der Waals surface area contributed by atoms with Crippen molar-refractivity contribution >= 4 is 21.8 Å². The largest absolute Gasteiger partial charge is 0.481 e. The van der Waals surface area contributed by atoms with Crippen molar-refractivity contribution in [2.75, 3.05) is 25.1 Å². The molecule has 8 heteroatoms. The minimum absolute atomic E-state index is 0.00846. The van der Waals surface area contributed by atoms with E-state index in [2.05, 4.69) is 10.6 Å². The van der Waals surface area contributed by atoms with Crippen molar-refractivity contribution in [2.45, 2.75) is 13.3 Å². The number of urea groups is 1. The Kier molecular flexibility index (Phi) is 6.55. The molecule has 0 aromatic heterocycles. The zero-order valence-electron chi connectivity index (χ0n) is 9.89. The van der Waals surface area contributed by atoms with Crippen molar-refractivity contribution in [3.05, 3.63) is 0 Å². The molecule has 0 rings (SSSR count). The van der Waals surface area contributed by atoms with E-state index >= 15 is 0 Å². The molecule has 100 valence electrons. The summed E-state index contributed by atoms with van der Waals surface area (Å²) >= 11 is 0. The molecule has 0 aromatic rings. The van der Waals surface area contributed by atoms with Gasteiger partial charge in [0.1, 0.15) is 9.84 Å². The van der Waals surface area contributed by atoms with Gasteiger partial charge in [0.15, 0.2) is 0 Å².